The van der Waals surface area contributed by atoms with E-state index in [0.717, 1.165) is 5.69 Å². The molecule has 1 aromatic carbocycles. The highest BCUT2D eigenvalue weighted by Crippen LogP contribution is 2.20. The number of hydrogen-bond donors (Lipinski definition) is 2. The zero-order chi connectivity index (χ0) is 13.0. The lowest BCUT2D eigenvalue weighted by atomic mass is 10.3. The van der Waals surface area contributed by atoms with Gasteiger partial charge < -0.3 is 15.2 Å². The standard InChI is InChI=1S/C12H11N3O3/c1-18-10-4-2-3-9(6-10)14-11-5-8(12(16)17)7-13-15-11/h2-7H,1H3,(H,14,15)(H,16,17). The van der Waals surface area contributed by atoms with Gasteiger partial charge in [0.25, 0.3) is 0 Å². The van der Waals surface area contributed by atoms with E-state index >= 15 is 0 Å². The van der Waals surface area contributed by atoms with Crippen molar-refractivity contribution in [1.82, 2.24) is 10.2 Å². The van der Waals surface area contributed by atoms with Crippen LogP contribution < -0.4 is 10.1 Å². The van der Waals surface area contributed by atoms with Crippen molar-refractivity contribution in [2.24, 2.45) is 0 Å². The number of hydrogen-bond acceptors (Lipinski definition) is 5. The van der Waals surface area contributed by atoms with Crippen molar-refractivity contribution in [3.63, 3.8) is 0 Å². The number of benzene rings is 1. The van der Waals surface area contributed by atoms with Crippen LogP contribution in [0.5, 0.6) is 5.75 Å². The second kappa shape index (κ2) is 5.13. The topological polar surface area (TPSA) is 84.3 Å². The maximum Gasteiger partial charge on any atom is 0.337 e. The molecule has 92 valence electrons. The van der Waals surface area contributed by atoms with Crippen molar-refractivity contribution in [3.05, 3.63) is 42.1 Å². The van der Waals surface area contributed by atoms with E-state index in [-0.39, 0.29) is 5.56 Å². The van der Waals surface area contributed by atoms with Crippen molar-refractivity contribution in [1.29, 1.82) is 0 Å². The normalized spacial score (nSPS) is 9.83. The molecule has 0 amide bonds. The van der Waals surface area contributed by atoms with E-state index in [0.29, 0.717) is 11.6 Å². The molecule has 0 aliphatic heterocycles. The molecule has 0 aliphatic carbocycles. The van der Waals surface area contributed by atoms with Crippen molar-refractivity contribution in [2.45, 2.75) is 0 Å². The van der Waals surface area contributed by atoms with Crippen LogP contribution in [-0.2, 0) is 0 Å². The first-order valence-electron chi connectivity index (χ1n) is 5.16. The second-order valence-electron chi connectivity index (χ2n) is 3.49. The van der Waals surface area contributed by atoms with Gasteiger partial charge in [0.1, 0.15) is 5.75 Å². The molecule has 0 radical (unpaired) electrons. The number of methoxy groups -OCH3 is 1. The van der Waals surface area contributed by atoms with Crippen molar-refractivity contribution in [2.75, 3.05) is 12.4 Å². The SMILES string of the molecule is COc1cccc(Nc2cc(C(=O)O)cnn2)c1. The Hall–Kier alpha value is -2.63. The van der Waals surface area contributed by atoms with Gasteiger partial charge in [-0.3, -0.25) is 0 Å². The molecule has 6 nitrogen and oxygen atoms in total. The summed E-state index contributed by atoms with van der Waals surface area (Å²) in [6, 6.07) is 8.63. The zero-order valence-corrected chi connectivity index (χ0v) is 9.62. The lowest BCUT2D eigenvalue weighted by Crippen LogP contribution is -2.02. The fourth-order valence-corrected chi connectivity index (χ4v) is 1.39. The third kappa shape index (κ3) is 2.73. The number of ether oxygens (including phenoxy) is 1. The predicted molar refractivity (Wildman–Crippen MR) is 65.3 cm³/mol. The fourth-order valence-electron chi connectivity index (χ4n) is 1.39. The maximum atomic E-state index is 10.8. The molecular weight excluding hydrogens is 234 g/mol. The monoisotopic (exact) mass is 245 g/mol. The summed E-state index contributed by atoms with van der Waals surface area (Å²) >= 11 is 0. The van der Waals surface area contributed by atoms with Crippen LogP contribution in [0.15, 0.2) is 36.5 Å². The summed E-state index contributed by atoms with van der Waals surface area (Å²) in [4.78, 5) is 10.8. The Morgan fingerprint density at radius 3 is 2.94 bits per heavy atom. The molecule has 0 spiro atoms. The number of carbonyl (C=O) groups is 1. The summed E-state index contributed by atoms with van der Waals surface area (Å²) < 4.78 is 5.08. The summed E-state index contributed by atoms with van der Waals surface area (Å²) in [5.74, 6) is 0.0177. The number of rotatable bonds is 4. The Morgan fingerprint density at radius 1 is 1.39 bits per heavy atom. The van der Waals surface area contributed by atoms with Crippen LogP contribution in [0.2, 0.25) is 0 Å². The summed E-state index contributed by atoms with van der Waals surface area (Å²) in [6.07, 6.45) is 1.19. The lowest BCUT2D eigenvalue weighted by Gasteiger charge is -2.06. The van der Waals surface area contributed by atoms with Gasteiger partial charge in [-0.1, -0.05) is 6.07 Å². The van der Waals surface area contributed by atoms with Gasteiger partial charge >= 0.3 is 5.97 Å². The van der Waals surface area contributed by atoms with Crippen LogP contribution in [0.4, 0.5) is 11.5 Å². The number of nitrogens with zero attached hydrogens (tertiary/aromatic N) is 2. The molecule has 0 unspecified atom stereocenters. The van der Waals surface area contributed by atoms with Gasteiger partial charge in [0.05, 0.1) is 18.9 Å². The highest BCUT2D eigenvalue weighted by atomic mass is 16.5. The number of carboxylic acids is 1. The van der Waals surface area contributed by atoms with Gasteiger partial charge in [-0.25, -0.2) is 4.79 Å². The van der Waals surface area contributed by atoms with Gasteiger partial charge in [0.2, 0.25) is 0 Å². The van der Waals surface area contributed by atoms with Crippen LogP contribution in [0.3, 0.4) is 0 Å². The minimum Gasteiger partial charge on any atom is -0.497 e. The first kappa shape index (κ1) is 11.8. The summed E-state index contributed by atoms with van der Waals surface area (Å²) in [6.45, 7) is 0. The number of nitrogens with one attached hydrogen (secondary N) is 1. The first-order valence-corrected chi connectivity index (χ1v) is 5.16. The van der Waals surface area contributed by atoms with Crippen LogP contribution in [0, 0.1) is 0 Å². The maximum absolute atomic E-state index is 10.8. The Kier molecular flexibility index (Phi) is 3.38. The summed E-state index contributed by atoms with van der Waals surface area (Å²) in [7, 11) is 1.57. The average Bonchev–Trinajstić information content (AvgIpc) is 2.39. The van der Waals surface area contributed by atoms with Gasteiger partial charge in [-0.05, 0) is 18.2 Å². The Bertz CT molecular complexity index is 572. The molecule has 0 atom stereocenters. The minimum atomic E-state index is -1.04. The molecule has 1 aromatic heterocycles. The summed E-state index contributed by atoms with van der Waals surface area (Å²) in [5, 5.41) is 19.2. The third-order valence-electron chi connectivity index (χ3n) is 2.24. The molecule has 0 saturated heterocycles. The van der Waals surface area contributed by atoms with E-state index in [4.69, 9.17) is 9.84 Å². The Morgan fingerprint density at radius 2 is 2.22 bits per heavy atom. The fraction of sp³-hybridized carbons (Fsp3) is 0.0833. The molecule has 0 saturated carbocycles. The Balaban J connectivity index is 2.22. The van der Waals surface area contributed by atoms with E-state index in [1.165, 1.54) is 12.3 Å². The number of aromatic carboxylic acids is 1. The number of aromatic nitrogens is 2. The van der Waals surface area contributed by atoms with Gasteiger partial charge in [-0.15, -0.1) is 5.10 Å². The second-order valence-corrected chi connectivity index (χ2v) is 3.49. The highest BCUT2D eigenvalue weighted by molar-refractivity contribution is 5.88. The van der Waals surface area contributed by atoms with Crippen molar-refractivity contribution >= 4 is 17.5 Å². The van der Waals surface area contributed by atoms with Crippen LogP contribution in [0.25, 0.3) is 0 Å². The van der Waals surface area contributed by atoms with E-state index < -0.39 is 5.97 Å². The van der Waals surface area contributed by atoms with Crippen LogP contribution >= 0.6 is 0 Å². The Labute approximate surface area is 103 Å². The average molecular weight is 245 g/mol. The van der Waals surface area contributed by atoms with E-state index in [9.17, 15) is 4.79 Å². The van der Waals surface area contributed by atoms with Crippen LogP contribution in [0.1, 0.15) is 10.4 Å². The molecule has 2 rings (SSSR count). The molecule has 2 aromatic rings. The largest absolute Gasteiger partial charge is 0.497 e. The molecule has 0 fully saturated rings. The van der Waals surface area contributed by atoms with Crippen LogP contribution in [-0.4, -0.2) is 28.4 Å². The summed E-state index contributed by atoms with van der Waals surface area (Å²) in [5.41, 5.74) is 0.821. The van der Waals surface area contributed by atoms with Gasteiger partial charge in [0, 0.05) is 11.8 Å². The molecular formula is C12H11N3O3. The molecule has 2 N–H and O–H groups in total. The third-order valence-corrected chi connectivity index (χ3v) is 2.24. The van der Waals surface area contributed by atoms with E-state index in [1.54, 1.807) is 13.2 Å². The molecule has 1 heterocycles. The lowest BCUT2D eigenvalue weighted by molar-refractivity contribution is 0.0696. The first-order chi connectivity index (χ1) is 8.69. The quantitative estimate of drug-likeness (QED) is 0.856. The molecule has 0 aliphatic rings. The smallest absolute Gasteiger partial charge is 0.337 e. The van der Waals surface area contributed by atoms with E-state index in [1.807, 2.05) is 18.2 Å². The highest BCUT2D eigenvalue weighted by Gasteiger charge is 2.05. The number of carboxylic acid groups (broad SMARTS) is 1. The van der Waals surface area contributed by atoms with Gasteiger partial charge in [-0.2, -0.15) is 5.10 Å². The number of anilines is 2. The van der Waals surface area contributed by atoms with Crippen molar-refractivity contribution in [3.8, 4) is 5.75 Å². The van der Waals surface area contributed by atoms with Crippen molar-refractivity contribution < 1.29 is 14.6 Å². The molecule has 0 bridgehead atoms. The van der Waals surface area contributed by atoms with E-state index in [2.05, 4.69) is 15.5 Å². The molecule has 6 heteroatoms. The zero-order valence-electron chi connectivity index (χ0n) is 9.62. The molecule has 18 heavy (non-hydrogen) atoms. The predicted octanol–water partition coefficient (Wildman–Crippen LogP) is 1.93. The minimum absolute atomic E-state index is 0.0791. The van der Waals surface area contributed by atoms with Gasteiger partial charge in [0.15, 0.2) is 5.82 Å².